The number of hydrogen-bond acceptors (Lipinski definition) is 4. The minimum Gasteiger partial charge on any atom is -0.370 e. The van der Waals surface area contributed by atoms with Crippen LogP contribution in [-0.4, -0.2) is 29.6 Å². The van der Waals surface area contributed by atoms with Crippen LogP contribution in [0.4, 0.5) is 11.8 Å². The van der Waals surface area contributed by atoms with E-state index in [1.807, 2.05) is 0 Å². The van der Waals surface area contributed by atoms with E-state index in [1.165, 1.54) is 5.56 Å². The fraction of sp³-hybridized carbons (Fsp3) is 0.714. The highest BCUT2D eigenvalue weighted by molar-refractivity contribution is 5.52. The van der Waals surface area contributed by atoms with Gasteiger partial charge in [-0.05, 0) is 33.6 Å². The number of rotatable bonds is 6. The molecule has 0 atom stereocenters. The van der Waals surface area contributed by atoms with Crippen LogP contribution >= 0.6 is 0 Å². The smallest absolute Gasteiger partial charge is 0.227 e. The largest absolute Gasteiger partial charge is 0.370 e. The van der Waals surface area contributed by atoms with Crippen LogP contribution in [0, 0.1) is 6.92 Å². The second-order valence-corrected chi connectivity index (χ2v) is 4.73. The molecule has 0 saturated carbocycles. The molecule has 0 radical (unpaired) electrons. The van der Waals surface area contributed by atoms with Crippen molar-refractivity contribution in [2.45, 2.75) is 47.5 Å². The minimum absolute atomic E-state index is 0.435. The Bertz CT molecular complexity index is 384. The predicted octanol–water partition coefficient (Wildman–Crippen LogP) is 3.19. The molecule has 0 amide bonds. The Labute approximate surface area is 111 Å². The molecular formula is C14H26N4. The summed E-state index contributed by atoms with van der Waals surface area (Å²) in [7, 11) is 0. The van der Waals surface area contributed by atoms with E-state index >= 15 is 0 Å². The molecule has 4 heteroatoms. The summed E-state index contributed by atoms with van der Waals surface area (Å²) >= 11 is 0. The zero-order chi connectivity index (χ0) is 13.7. The molecule has 102 valence electrons. The van der Waals surface area contributed by atoms with Gasteiger partial charge in [-0.1, -0.05) is 13.8 Å². The Morgan fingerprint density at radius 2 is 1.72 bits per heavy atom. The van der Waals surface area contributed by atoms with Gasteiger partial charge in [-0.3, -0.25) is 0 Å². The van der Waals surface area contributed by atoms with Crippen LogP contribution in [0.5, 0.6) is 0 Å². The molecule has 1 aromatic rings. The van der Waals surface area contributed by atoms with Gasteiger partial charge in [0.2, 0.25) is 5.95 Å². The van der Waals surface area contributed by atoms with Crippen LogP contribution in [-0.2, 0) is 0 Å². The Kier molecular flexibility index (Phi) is 5.38. The van der Waals surface area contributed by atoms with Crippen molar-refractivity contribution in [1.82, 2.24) is 9.97 Å². The Morgan fingerprint density at radius 3 is 2.17 bits per heavy atom. The lowest BCUT2D eigenvalue weighted by Crippen LogP contribution is -2.25. The molecule has 0 aliphatic carbocycles. The first kappa shape index (κ1) is 14.7. The molecule has 0 aromatic carbocycles. The van der Waals surface area contributed by atoms with Crippen molar-refractivity contribution in [2.24, 2.45) is 0 Å². The molecular weight excluding hydrogens is 224 g/mol. The molecule has 1 heterocycles. The third-order valence-corrected chi connectivity index (χ3v) is 3.09. The number of aryl methyl sites for hydroxylation is 1. The van der Waals surface area contributed by atoms with Crippen molar-refractivity contribution >= 4 is 11.8 Å². The molecule has 0 saturated heterocycles. The minimum atomic E-state index is 0.435. The van der Waals surface area contributed by atoms with Crippen molar-refractivity contribution in [3.05, 3.63) is 11.3 Å². The third kappa shape index (κ3) is 3.12. The normalized spacial score (nSPS) is 10.8. The van der Waals surface area contributed by atoms with Crippen LogP contribution in [0.1, 0.15) is 51.8 Å². The summed E-state index contributed by atoms with van der Waals surface area (Å²) in [6.07, 6.45) is 0. The Balaban J connectivity index is 3.26. The molecule has 0 bridgehead atoms. The highest BCUT2D eigenvalue weighted by atomic mass is 15.3. The second kappa shape index (κ2) is 6.57. The van der Waals surface area contributed by atoms with Gasteiger partial charge in [0, 0.05) is 30.9 Å². The molecule has 0 spiro atoms. The van der Waals surface area contributed by atoms with E-state index in [0.717, 1.165) is 37.1 Å². The van der Waals surface area contributed by atoms with E-state index in [2.05, 4.69) is 56.7 Å². The van der Waals surface area contributed by atoms with Gasteiger partial charge in [-0.25, -0.2) is 4.98 Å². The van der Waals surface area contributed by atoms with Crippen LogP contribution < -0.4 is 10.2 Å². The molecule has 1 aromatic heterocycles. The average molecular weight is 250 g/mol. The quantitative estimate of drug-likeness (QED) is 0.842. The average Bonchev–Trinajstić information content (AvgIpc) is 2.30. The highest BCUT2D eigenvalue weighted by Gasteiger charge is 2.16. The first-order valence-corrected chi connectivity index (χ1v) is 6.92. The van der Waals surface area contributed by atoms with Crippen molar-refractivity contribution in [2.75, 3.05) is 29.9 Å². The molecule has 0 aliphatic heterocycles. The van der Waals surface area contributed by atoms with Crippen LogP contribution in [0.3, 0.4) is 0 Å². The SMILES string of the molecule is CCNc1nc(N(CC)CC)nc(C)c1C(C)C. The first-order valence-electron chi connectivity index (χ1n) is 6.92. The lowest BCUT2D eigenvalue weighted by molar-refractivity contribution is 0.788. The van der Waals surface area contributed by atoms with E-state index in [4.69, 9.17) is 4.98 Å². The lowest BCUT2D eigenvalue weighted by Gasteiger charge is -2.22. The molecule has 0 fully saturated rings. The number of nitrogens with zero attached hydrogens (tertiary/aromatic N) is 3. The highest BCUT2D eigenvalue weighted by Crippen LogP contribution is 2.27. The zero-order valence-electron chi connectivity index (χ0n) is 12.5. The summed E-state index contributed by atoms with van der Waals surface area (Å²) in [5, 5.41) is 3.36. The summed E-state index contributed by atoms with van der Waals surface area (Å²) in [4.78, 5) is 11.5. The maximum absolute atomic E-state index is 4.69. The molecule has 0 unspecified atom stereocenters. The summed E-state index contributed by atoms with van der Waals surface area (Å²) < 4.78 is 0. The molecule has 4 nitrogen and oxygen atoms in total. The summed E-state index contributed by atoms with van der Waals surface area (Å²) in [5.74, 6) is 2.25. The number of aromatic nitrogens is 2. The monoisotopic (exact) mass is 250 g/mol. The van der Waals surface area contributed by atoms with E-state index in [9.17, 15) is 0 Å². The Morgan fingerprint density at radius 1 is 1.11 bits per heavy atom. The van der Waals surface area contributed by atoms with Gasteiger partial charge in [0.15, 0.2) is 0 Å². The van der Waals surface area contributed by atoms with Crippen LogP contribution in [0.25, 0.3) is 0 Å². The maximum atomic E-state index is 4.69. The lowest BCUT2D eigenvalue weighted by atomic mass is 10.0. The first-order chi connectivity index (χ1) is 8.54. The third-order valence-electron chi connectivity index (χ3n) is 3.09. The van der Waals surface area contributed by atoms with Gasteiger partial charge in [-0.15, -0.1) is 0 Å². The van der Waals surface area contributed by atoms with Gasteiger partial charge < -0.3 is 10.2 Å². The van der Waals surface area contributed by atoms with Crippen molar-refractivity contribution in [1.29, 1.82) is 0 Å². The maximum Gasteiger partial charge on any atom is 0.227 e. The van der Waals surface area contributed by atoms with Gasteiger partial charge >= 0.3 is 0 Å². The van der Waals surface area contributed by atoms with Crippen molar-refractivity contribution in [3.8, 4) is 0 Å². The van der Waals surface area contributed by atoms with Gasteiger partial charge in [0.25, 0.3) is 0 Å². The fourth-order valence-electron chi connectivity index (χ4n) is 2.21. The van der Waals surface area contributed by atoms with Crippen molar-refractivity contribution in [3.63, 3.8) is 0 Å². The van der Waals surface area contributed by atoms with Gasteiger partial charge in [0.1, 0.15) is 5.82 Å². The van der Waals surface area contributed by atoms with Gasteiger partial charge in [-0.2, -0.15) is 4.98 Å². The molecule has 0 aliphatic rings. The number of nitrogens with one attached hydrogen (secondary N) is 1. The zero-order valence-corrected chi connectivity index (χ0v) is 12.5. The second-order valence-electron chi connectivity index (χ2n) is 4.73. The predicted molar refractivity (Wildman–Crippen MR) is 78.6 cm³/mol. The van der Waals surface area contributed by atoms with Gasteiger partial charge in [0.05, 0.1) is 0 Å². The number of anilines is 2. The summed E-state index contributed by atoms with van der Waals surface area (Å²) in [6, 6.07) is 0. The number of hydrogen-bond donors (Lipinski definition) is 1. The Hall–Kier alpha value is -1.32. The van der Waals surface area contributed by atoms with E-state index in [-0.39, 0.29) is 0 Å². The van der Waals surface area contributed by atoms with Crippen LogP contribution in [0.2, 0.25) is 0 Å². The molecule has 18 heavy (non-hydrogen) atoms. The van der Waals surface area contributed by atoms with Crippen molar-refractivity contribution < 1.29 is 0 Å². The fourth-order valence-corrected chi connectivity index (χ4v) is 2.21. The van der Waals surface area contributed by atoms with E-state index in [1.54, 1.807) is 0 Å². The molecule has 1 N–H and O–H groups in total. The molecule has 1 rings (SSSR count). The van der Waals surface area contributed by atoms with E-state index < -0.39 is 0 Å². The topological polar surface area (TPSA) is 41.1 Å². The van der Waals surface area contributed by atoms with Crippen LogP contribution in [0.15, 0.2) is 0 Å². The summed E-state index contributed by atoms with van der Waals surface area (Å²) in [6.45, 7) is 15.5. The standard InChI is InChI=1S/C14H26N4/c1-7-15-13-12(10(4)5)11(6)16-14(17-13)18(8-2)9-3/h10H,7-9H2,1-6H3,(H,15,16,17). The summed E-state index contributed by atoms with van der Waals surface area (Å²) in [5.41, 5.74) is 2.31. The van der Waals surface area contributed by atoms with E-state index in [0.29, 0.717) is 5.92 Å².